The van der Waals surface area contributed by atoms with Crippen LogP contribution in [0.5, 0.6) is 0 Å². The molecule has 0 bridgehead atoms. The van der Waals surface area contributed by atoms with E-state index in [0.717, 1.165) is 15.5 Å². The lowest BCUT2D eigenvalue weighted by Crippen LogP contribution is -2.41. The predicted molar refractivity (Wildman–Crippen MR) is 68.9 cm³/mol. The highest BCUT2D eigenvalue weighted by molar-refractivity contribution is 9.10. The number of hydrogen-bond donors (Lipinski definition) is 1. The number of imide groups is 1. The quantitative estimate of drug-likeness (QED) is 0.817. The first-order valence-corrected chi connectivity index (χ1v) is 6.40. The van der Waals surface area contributed by atoms with Crippen LogP contribution in [0.1, 0.15) is 18.9 Å². The highest BCUT2D eigenvalue weighted by Crippen LogP contribution is 2.25. The molecule has 3 rings (SSSR count). The van der Waals surface area contributed by atoms with E-state index in [1.165, 1.54) is 0 Å². The van der Waals surface area contributed by atoms with Gasteiger partial charge >= 0.3 is 0 Å². The third-order valence-corrected chi connectivity index (χ3v) is 3.58. The summed E-state index contributed by atoms with van der Waals surface area (Å²) in [6.45, 7) is 0. The molecule has 1 aromatic carbocycles. The Labute approximate surface area is 111 Å². The molecule has 18 heavy (non-hydrogen) atoms. The lowest BCUT2D eigenvalue weighted by molar-refractivity contribution is -0.135. The standard InChI is InChI=1S/C12H10BrN3O2/c13-7-1-2-9-8(5-7)14-6-16(9)10-3-4-11(17)15-12(10)18/h1-2,5-6,10H,3-4H2,(H,15,17,18). The smallest absolute Gasteiger partial charge is 0.249 e. The normalized spacial score (nSPS) is 20.2. The van der Waals surface area contributed by atoms with Gasteiger partial charge in [0.25, 0.3) is 0 Å². The molecule has 2 aromatic rings. The van der Waals surface area contributed by atoms with Gasteiger partial charge in [0.05, 0.1) is 17.4 Å². The summed E-state index contributed by atoms with van der Waals surface area (Å²) in [5.74, 6) is -0.461. The van der Waals surface area contributed by atoms with Crippen molar-refractivity contribution in [2.75, 3.05) is 0 Å². The topological polar surface area (TPSA) is 64.0 Å². The molecule has 92 valence electrons. The molecule has 0 saturated carbocycles. The van der Waals surface area contributed by atoms with Crippen molar-refractivity contribution in [3.8, 4) is 0 Å². The number of halogens is 1. The number of aromatic nitrogens is 2. The second-order valence-corrected chi connectivity index (χ2v) is 5.17. The number of carbonyl (C=O) groups is 2. The Morgan fingerprint density at radius 1 is 1.39 bits per heavy atom. The van der Waals surface area contributed by atoms with Crippen molar-refractivity contribution in [2.45, 2.75) is 18.9 Å². The van der Waals surface area contributed by atoms with Crippen LogP contribution in [0.2, 0.25) is 0 Å². The van der Waals surface area contributed by atoms with E-state index in [9.17, 15) is 9.59 Å². The molecule has 1 saturated heterocycles. The van der Waals surface area contributed by atoms with Gasteiger partial charge in [0.1, 0.15) is 6.04 Å². The number of piperidine rings is 1. The fraction of sp³-hybridized carbons (Fsp3) is 0.250. The van der Waals surface area contributed by atoms with E-state index in [1.807, 2.05) is 22.8 Å². The van der Waals surface area contributed by atoms with Gasteiger partial charge in [0, 0.05) is 10.9 Å². The SMILES string of the molecule is O=C1CCC(n2cnc3cc(Br)ccc32)C(=O)N1. The molecule has 2 heterocycles. The molecule has 0 aliphatic carbocycles. The van der Waals surface area contributed by atoms with Crippen LogP contribution in [0.4, 0.5) is 0 Å². The summed E-state index contributed by atoms with van der Waals surface area (Å²) in [7, 11) is 0. The van der Waals surface area contributed by atoms with Gasteiger partial charge in [-0.1, -0.05) is 15.9 Å². The molecule has 1 unspecified atom stereocenters. The Morgan fingerprint density at radius 2 is 2.22 bits per heavy atom. The van der Waals surface area contributed by atoms with Crippen molar-refractivity contribution < 1.29 is 9.59 Å². The Balaban J connectivity index is 2.04. The minimum Gasteiger partial charge on any atom is -0.318 e. The molecule has 1 aliphatic heterocycles. The summed E-state index contributed by atoms with van der Waals surface area (Å²) in [6.07, 6.45) is 2.54. The zero-order valence-electron chi connectivity index (χ0n) is 9.39. The Kier molecular flexibility index (Phi) is 2.66. The monoisotopic (exact) mass is 307 g/mol. The van der Waals surface area contributed by atoms with Crippen LogP contribution in [-0.2, 0) is 9.59 Å². The van der Waals surface area contributed by atoms with Crippen LogP contribution in [-0.4, -0.2) is 21.4 Å². The van der Waals surface area contributed by atoms with Crippen LogP contribution < -0.4 is 5.32 Å². The molecule has 1 fully saturated rings. The summed E-state index contributed by atoms with van der Waals surface area (Å²) < 4.78 is 2.77. The van der Waals surface area contributed by atoms with Crippen LogP contribution in [0.25, 0.3) is 11.0 Å². The minimum absolute atomic E-state index is 0.205. The van der Waals surface area contributed by atoms with Crippen LogP contribution in [0.15, 0.2) is 29.0 Å². The first-order chi connectivity index (χ1) is 8.65. The number of rotatable bonds is 1. The number of hydrogen-bond acceptors (Lipinski definition) is 3. The first kappa shape index (κ1) is 11.4. The molecule has 2 amide bonds. The largest absolute Gasteiger partial charge is 0.318 e. The van der Waals surface area contributed by atoms with Gasteiger partial charge in [-0.15, -0.1) is 0 Å². The molecule has 0 spiro atoms. The lowest BCUT2D eigenvalue weighted by atomic mass is 10.1. The molecular formula is C12H10BrN3O2. The van der Waals surface area contributed by atoms with Gasteiger partial charge in [-0.3, -0.25) is 14.9 Å². The highest BCUT2D eigenvalue weighted by atomic mass is 79.9. The molecular weight excluding hydrogens is 298 g/mol. The first-order valence-electron chi connectivity index (χ1n) is 5.61. The van der Waals surface area contributed by atoms with Crippen molar-refractivity contribution in [2.24, 2.45) is 0 Å². The van der Waals surface area contributed by atoms with Crippen LogP contribution >= 0.6 is 15.9 Å². The van der Waals surface area contributed by atoms with Crippen molar-refractivity contribution >= 4 is 38.8 Å². The summed E-state index contributed by atoms with van der Waals surface area (Å²) >= 11 is 3.38. The van der Waals surface area contributed by atoms with E-state index in [4.69, 9.17) is 0 Å². The minimum atomic E-state index is -0.353. The maximum Gasteiger partial charge on any atom is 0.249 e. The van der Waals surface area contributed by atoms with Gasteiger partial charge in [-0.25, -0.2) is 4.98 Å². The predicted octanol–water partition coefficient (Wildman–Crippen LogP) is 1.78. The number of amides is 2. The average Bonchev–Trinajstić information content (AvgIpc) is 2.72. The molecule has 1 atom stereocenters. The molecule has 1 N–H and O–H groups in total. The molecule has 5 nitrogen and oxygen atoms in total. The zero-order chi connectivity index (χ0) is 12.7. The number of imidazole rings is 1. The van der Waals surface area contributed by atoms with E-state index in [0.29, 0.717) is 12.8 Å². The highest BCUT2D eigenvalue weighted by Gasteiger charge is 2.28. The van der Waals surface area contributed by atoms with Crippen molar-refractivity contribution in [1.82, 2.24) is 14.9 Å². The number of fused-ring (bicyclic) bond motifs is 1. The van der Waals surface area contributed by atoms with Gasteiger partial charge < -0.3 is 4.57 Å². The molecule has 1 aromatic heterocycles. The maximum atomic E-state index is 11.8. The fourth-order valence-corrected chi connectivity index (χ4v) is 2.55. The second-order valence-electron chi connectivity index (χ2n) is 4.25. The Morgan fingerprint density at radius 3 is 3.00 bits per heavy atom. The maximum absolute atomic E-state index is 11.8. The summed E-state index contributed by atoms with van der Waals surface area (Å²) in [5, 5.41) is 2.36. The number of nitrogens with one attached hydrogen (secondary N) is 1. The van der Waals surface area contributed by atoms with Crippen molar-refractivity contribution in [1.29, 1.82) is 0 Å². The van der Waals surface area contributed by atoms with Crippen LogP contribution in [0.3, 0.4) is 0 Å². The van der Waals surface area contributed by atoms with E-state index < -0.39 is 0 Å². The second kappa shape index (κ2) is 4.20. The number of nitrogens with zero attached hydrogens (tertiary/aromatic N) is 2. The van der Waals surface area contributed by atoms with Gasteiger partial charge in [0.15, 0.2) is 0 Å². The van der Waals surface area contributed by atoms with Gasteiger partial charge in [0.2, 0.25) is 11.8 Å². The lowest BCUT2D eigenvalue weighted by Gasteiger charge is -2.22. The van der Waals surface area contributed by atoms with E-state index in [1.54, 1.807) is 6.33 Å². The van der Waals surface area contributed by atoms with E-state index >= 15 is 0 Å². The number of carbonyl (C=O) groups excluding carboxylic acids is 2. The molecule has 0 radical (unpaired) electrons. The third kappa shape index (κ3) is 1.82. The number of benzene rings is 1. The summed E-state index contributed by atoms with van der Waals surface area (Å²) in [5.41, 5.74) is 1.72. The van der Waals surface area contributed by atoms with Crippen LogP contribution in [0, 0.1) is 0 Å². The molecule has 1 aliphatic rings. The van der Waals surface area contributed by atoms with E-state index in [2.05, 4.69) is 26.2 Å². The van der Waals surface area contributed by atoms with Gasteiger partial charge in [-0.2, -0.15) is 0 Å². The zero-order valence-corrected chi connectivity index (χ0v) is 11.0. The molecule has 6 heteroatoms. The van der Waals surface area contributed by atoms with Gasteiger partial charge in [-0.05, 0) is 24.6 Å². The van der Waals surface area contributed by atoms with Crippen molar-refractivity contribution in [3.05, 3.63) is 29.0 Å². The Bertz CT molecular complexity index is 650. The van der Waals surface area contributed by atoms with E-state index in [-0.39, 0.29) is 17.9 Å². The fourth-order valence-electron chi connectivity index (χ4n) is 2.20. The third-order valence-electron chi connectivity index (χ3n) is 3.08. The average molecular weight is 308 g/mol. The summed E-state index contributed by atoms with van der Waals surface area (Å²) in [6, 6.07) is 5.37. The Hall–Kier alpha value is -1.69. The summed E-state index contributed by atoms with van der Waals surface area (Å²) in [4.78, 5) is 27.2. The van der Waals surface area contributed by atoms with Crippen molar-refractivity contribution in [3.63, 3.8) is 0 Å².